The van der Waals surface area contributed by atoms with Gasteiger partial charge in [0, 0.05) is 36.9 Å². The first-order chi connectivity index (χ1) is 15.5. The van der Waals surface area contributed by atoms with E-state index in [0.29, 0.717) is 5.56 Å². The minimum Gasteiger partial charge on any atom is -0.497 e. The number of methoxy groups -OCH3 is 1. The molecule has 3 aromatic rings. The van der Waals surface area contributed by atoms with Gasteiger partial charge in [0.1, 0.15) is 11.6 Å². The number of hydrogen-bond donors (Lipinski definition) is 0. The molecule has 0 N–H and O–H groups in total. The van der Waals surface area contributed by atoms with Crippen LogP contribution in [0.5, 0.6) is 5.75 Å². The third-order valence-electron chi connectivity index (χ3n) is 6.08. The highest BCUT2D eigenvalue weighted by Crippen LogP contribution is 2.27. The van der Waals surface area contributed by atoms with Crippen LogP contribution in [-0.2, 0) is 6.54 Å². The predicted molar refractivity (Wildman–Crippen MR) is 126 cm³/mol. The summed E-state index contributed by atoms with van der Waals surface area (Å²) in [5.41, 5.74) is 3.76. The maximum Gasteiger partial charge on any atom is 0.258 e. The van der Waals surface area contributed by atoms with Gasteiger partial charge in [-0.3, -0.25) is 9.69 Å². The predicted octanol–water partition coefficient (Wildman–Crippen LogP) is 5.45. The average Bonchev–Trinajstić information content (AvgIpc) is 2.82. The second-order valence-electron chi connectivity index (χ2n) is 8.38. The van der Waals surface area contributed by atoms with E-state index in [4.69, 9.17) is 4.74 Å². The first kappa shape index (κ1) is 22.0. The molecule has 5 heteroatoms. The van der Waals surface area contributed by atoms with Crippen LogP contribution in [0, 0.1) is 12.7 Å². The number of carbonyl (C=O) groups excluding carboxylic acids is 1. The number of amides is 1. The summed E-state index contributed by atoms with van der Waals surface area (Å²) >= 11 is 0. The molecule has 0 atom stereocenters. The molecule has 1 aliphatic rings. The monoisotopic (exact) mass is 432 g/mol. The van der Waals surface area contributed by atoms with Crippen molar-refractivity contribution in [1.29, 1.82) is 0 Å². The average molecular weight is 433 g/mol. The number of ether oxygens (including phenoxy) is 1. The minimum absolute atomic E-state index is 0.0832. The van der Waals surface area contributed by atoms with E-state index in [9.17, 15) is 9.18 Å². The fourth-order valence-electron chi connectivity index (χ4n) is 4.30. The van der Waals surface area contributed by atoms with Crippen LogP contribution in [0.15, 0.2) is 72.8 Å². The molecule has 0 radical (unpaired) electrons. The molecule has 166 valence electrons. The van der Waals surface area contributed by atoms with Crippen molar-refractivity contribution in [3.8, 4) is 5.75 Å². The van der Waals surface area contributed by atoms with Crippen molar-refractivity contribution >= 4 is 11.6 Å². The lowest BCUT2D eigenvalue weighted by atomic mass is 10.00. The lowest BCUT2D eigenvalue weighted by Gasteiger charge is -2.38. The molecule has 1 amide bonds. The molecule has 1 aliphatic heterocycles. The molecule has 0 aliphatic carbocycles. The van der Waals surface area contributed by atoms with E-state index in [1.54, 1.807) is 19.2 Å². The largest absolute Gasteiger partial charge is 0.497 e. The molecule has 0 spiro atoms. The number of likely N-dealkylation sites (tertiary alicyclic amines) is 1. The van der Waals surface area contributed by atoms with Crippen molar-refractivity contribution in [2.75, 3.05) is 25.1 Å². The Morgan fingerprint density at radius 2 is 1.72 bits per heavy atom. The number of carbonyl (C=O) groups is 1. The van der Waals surface area contributed by atoms with Gasteiger partial charge in [0.2, 0.25) is 0 Å². The van der Waals surface area contributed by atoms with Crippen LogP contribution in [0.1, 0.15) is 34.3 Å². The molecule has 0 aromatic heterocycles. The normalized spacial score (nSPS) is 14.8. The minimum atomic E-state index is -0.339. The highest BCUT2D eigenvalue weighted by Gasteiger charge is 2.30. The van der Waals surface area contributed by atoms with Crippen molar-refractivity contribution in [1.82, 2.24) is 4.90 Å². The van der Waals surface area contributed by atoms with Crippen LogP contribution < -0.4 is 9.64 Å². The molecule has 0 saturated carbocycles. The van der Waals surface area contributed by atoms with Gasteiger partial charge in [-0.1, -0.05) is 29.8 Å². The van der Waals surface area contributed by atoms with Crippen molar-refractivity contribution in [3.05, 3.63) is 95.3 Å². The first-order valence-electron chi connectivity index (χ1n) is 11.0. The maximum absolute atomic E-state index is 13.5. The number of aryl methyl sites for hydroxylation is 1. The van der Waals surface area contributed by atoms with E-state index in [1.165, 1.54) is 17.7 Å². The summed E-state index contributed by atoms with van der Waals surface area (Å²) in [6.45, 7) is 4.70. The van der Waals surface area contributed by atoms with Gasteiger partial charge in [0.25, 0.3) is 5.91 Å². The molecule has 0 bridgehead atoms. The molecular formula is C27H29FN2O2. The third-order valence-corrected chi connectivity index (χ3v) is 6.08. The molecule has 4 nitrogen and oxygen atoms in total. The van der Waals surface area contributed by atoms with Crippen molar-refractivity contribution in [3.63, 3.8) is 0 Å². The van der Waals surface area contributed by atoms with Crippen molar-refractivity contribution < 1.29 is 13.9 Å². The summed E-state index contributed by atoms with van der Waals surface area (Å²) in [6, 6.07) is 22.1. The van der Waals surface area contributed by atoms with E-state index < -0.39 is 0 Å². The summed E-state index contributed by atoms with van der Waals surface area (Å²) in [4.78, 5) is 17.8. The maximum atomic E-state index is 13.5. The summed E-state index contributed by atoms with van der Waals surface area (Å²) < 4.78 is 18.7. The van der Waals surface area contributed by atoms with E-state index in [2.05, 4.69) is 17.0 Å². The van der Waals surface area contributed by atoms with Gasteiger partial charge in [0.05, 0.1) is 7.11 Å². The van der Waals surface area contributed by atoms with E-state index in [-0.39, 0.29) is 17.8 Å². The van der Waals surface area contributed by atoms with Gasteiger partial charge in [-0.05, 0) is 73.9 Å². The number of hydrogen-bond acceptors (Lipinski definition) is 3. The molecule has 1 heterocycles. The van der Waals surface area contributed by atoms with Gasteiger partial charge in [-0.15, -0.1) is 0 Å². The zero-order chi connectivity index (χ0) is 22.5. The molecule has 3 aromatic carbocycles. The van der Waals surface area contributed by atoms with Crippen LogP contribution in [0.3, 0.4) is 0 Å². The van der Waals surface area contributed by atoms with Gasteiger partial charge in [0.15, 0.2) is 0 Å². The number of nitrogens with zero attached hydrogens (tertiary/aromatic N) is 2. The molecule has 32 heavy (non-hydrogen) atoms. The number of rotatable bonds is 6. The zero-order valence-electron chi connectivity index (χ0n) is 18.6. The Morgan fingerprint density at radius 1 is 1.03 bits per heavy atom. The lowest BCUT2D eigenvalue weighted by Crippen LogP contribution is -2.47. The van der Waals surface area contributed by atoms with Crippen LogP contribution in [0.25, 0.3) is 0 Å². The fourth-order valence-corrected chi connectivity index (χ4v) is 4.30. The zero-order valence-corrected chi connectivity index (χ0v) is 18.6. The summed E-state index contributed by atoms with van der Waals surface area (Å²) in [7, 11) is 1.68. The Balaban J connectivity index is 1.50. The lowest BCUT2D eigenvalue weighted by molar-refractivity contribution is 0.0958. The molecule has 1 fully saturated rings. The second-order valence-corrected chi connectivity index (χ2v) is 8.38. The van der Waals surface area contributed by atoms with Gasteiger partial charge >= 0.3 is 0 Å². The third kappa shape index (κ3) is 5.17. The van der Waals surface area contributed by atoms with Gasteiger partial charge < -0.3 is 9.64 Å². The number of anilines is 1. The quantitative estimate of drug-likeness (QED) is 0.519. The second kappa shape index (κ2) is 9.96. The summed E-state index contributed by atoms with van der Waals surface area (Å²) in [5.74, 6) is 0.446. The fraction of sp³-hybridized carbons (Fsp3) is 0.296. The van der Waals surface area contributed by atoms with Gasteiger partial charge in [-0.25, -0.2) is 4.39 Å². The highest BCUT2D eigenvalue weighted by molar-refractivity contribution is 6.06. The van der Waals surface area contributed by atoms with Crippen LogP contribution >= 0.6 is 0 Å². The first-order valence-corrected chi connectivity index (χ1v) is 11.0. The van der Waals surface area contributed by atoms with E-state index in [1.807, 2.05) is 48.2 Å². The number of piperidine rings is 1. The van der Waals surface area contributed by atoms with Crippen LogP contribution in [0.4, 0.5) is 10.1 Å². The Kier molecular flexibility index (Phi) is 6.86. The Morgan fingerprint density at radius 3 is 2.38 bits per heavy atom. The van der Waals surface area contributed by atoms with Crippen molar-refractivity contribution in [2.45, 2.75) is 32.4 Å². The molecule has 4 rings (SSSR count). The number of halogens is 1. The van der Waals surface area contributed by atoms with E-state index in [0.717, 1.165) is 49.5 Å². The van der Waals surface area contributed by atoms with E-state index >= 15 is 0 Å². The highest BCUT2D eigenvalue weighted by atomic mass is 19.1. The Hall–Kier alpha value is -3.18. The van der Waals surface area contributed by atoms with Crippen LogP contribution in [0.2, 0.25) is 0 Å². The topological polar surface area (TPSA) is 32.8 Å². The van der Waals surface area contributed by atoms with Crippen LogP contribution in [-0.4, -0.2) is 37.0 Å². The smallest absolute Gasteiger partial charge is 0.258 e. The Labute approximate surface area is 189 Å². The standard InChI is InChI=1S/C27H29FN2O2/c1-20-6-12-24(13-7-20)30(27(31)22-8-10-23(28)11-9-22)25-14-16-29(17-15-25)19-21-4-3-5-26(18-21)32-2/h3-13,18,25H,14-17,19H2,1-2H3. The molecule has 0 unspecified atom stereocenters. The summed E-state index contributed by atoms with van der Waals surface area (Å²) in [5, 5.41) is 0. The molecular weight excluding hydrogens is 403 g/mol. The van der Waals surface area contributed by atoms with Crippen molar-refractivity contribution in [2.24, 2.45) is 0 Å². The van der Waals surface area contributed by atoms with Gasteiger partial charge in [-0.2, -0.15) is 0 Å². The Bertz CT molecular complexity index is 1040. The summed E-state index contributed by atoms with van der Waals surface area (Å²) in [6.07, 6.45) is 1.76. The number of benzene rings is 3. The molecule has 1 saturated heterocycles. The SMILES string of the molecule is COc1cccc(CN2CCC(N(C(=O)c3ccc(F)cc3)c3ccc(C)cc3)CC2)c1.